The highest BCUT2D eigenvalue weighted by molar-refractivity contribution is 6.06. The molecule has 0 spiro atoms. The number of aldehydes is 1. The summed E-state index contributed by atoms with van der Waals surface area (Å²) >= 11 is 0. The summed E-state index contributed by atoms with van der Waals surface area (Å²) in [5.74, 6) is 0.630. The molecule has 2 aromatic rings. The molecule has 0 amide bonds. The molecular formula is C18H16O3. The van der Waals surface area contributed by atoms with Crippen molar-refractivity contribution in [2.75, 3.05) is 7.11 Å². The predicted molar refractivity (Wildman–Crippen MR) is 82.6 cm³/mol. The summed E-state index contributed by atoms with van der Waals surface area (Å²) in [6.45, 7) is 0. The molecule has 0 fully saturated rings. The maximum absolute atomic E-state index is 12.1. The predicted octanol–water partition coefficient (Wildman–Crippen LogP) is 3.33. The van der Waals surface area contributed by atoms with Crippen molar-refractivity contribution < 1.29 is 14.3 Å². The van der Waals surface area contributed by atoms with Crippen LogP contribution in [0.5, 0.6) is 5.75 Å². The molecule has 0 aliphatic rings. The van der Waals surface area contributed by atoms with E-state index in [0.29, 0.717) is 17.7 Å². The van der Waals surface area contributed by atoms with E-state index in [2.05, 4.69) is 0 Å². The molecule has 0 radical (unpaired) electrons. The molecule has 3 heteroatoms. The van der Waals surface area contributed by atoms with E-state index in [-0.39, 0.29) is 5.78 Å². The first-order valence-electron chi connectivity index (χ1n) is 6.62. The summed E-state index contributed by atoms with van der Waals surface area (Å²) < 4.78 is 5.06. The van der Waals surface area contributed by atoms with Gasteiger partial charge >= 0.3 is 0 Å². The van der Waals surface area contributed by atoms with Crippen LogP contribution < -0.4 is 4.74 Å². The van der Waals surface area contributed by atoms with E-state index in [1.165, 1.54) is 6.08 Å². The molecule has 0 heterocycles. The van der Waals surface area contributed by atoms with Gasteiger partial charge in [0.1, 0.15) is 12.0 Å². The summed E-state index contributed by atoms with van der Waals surface area (Å²) in [6, 6.07) is 14.5. The summed E-state index contributed by atoms with van der Waals surface area (Å²) in [5, 5.41) is 0. The van der Waals surface area contributed by atoms with Gasteiger partial charge in [-0.2, -0.15) is 0 Å². The molecule has 0 aromatic heterocycles. The van der Waals surface area contributed by atoms with Gasteiger partial charge < -0.3 is 9.53 Å². The molecule has 0 saturated carbocycles. The number of ketones is 1. The van der Waals surface area contributed by atoms with Crippen LogP contribution in [0.2, 0.25) is 0 Å². The Morgan fingerprint density at radius 1 is 1.10 bits per heavy atom. The van der Waals surface area contributed by atoms with Crippen molar-refractivity contribution >= 4 is 18.1 Å². The third-order valence-corrected chi connectivity index (χ3v) is 3.15. The monoisotopic (exact) mass is 280 g/mol. The van der Waals surface area contributed by atoms with Crippen LogP contribution in [0.4, 0.5) is 0 Å². The number of benzene rings is 2. The molecule has 21 heavy (non-hydrogen) atoms. The first-order chi connectivity index (χ1) is 10.2. The second-order valence-corrected chi connectivity index (χ2v) is 4.50. The van der Waals surface area contributed by atoms with Crippen LogP contribution in [0.15, 0.2) is 54.6 Å². The molecule has 106 valence electrons. The van der Waals surface area contributed by atoms with Crippen molar-refractivity contribution in [3.8, 4) is 5.75 Å². The van der Waals surface area contributed by atoms with Crippen molar-refractivity contribution in [3.63, 3.8) is 0 Å². The van der Waals surface area contributed by atoms with Crippen LogP contribution in [0.1, 0.15) is 21.5 Å². The van der Waals surface area contributed by atoms with Gasteiger partial charge in [-0.15, -0.1) is 0 Å². The quantitative estimate of drug-likeness (QED) is 0.463. The average Bonchev–Trinajstić information content (AvgIpc) is 2.54. The van der Waals surface area contributed by atoms with Crippen LogP contribution >= 0.6 is 0 Å². The van der Waals surface area contributed by atoms with Gasteiger partial charge in [-0.3, -0.25) is 4.79 Å². The van der Waals surface area contributed by atoms with Gasteiger partial charge in [-0.1, -0.05) is 30.3 Å². The second kappa shape index (κ2) is 7.20. The van der Waals surface area contributed by atoms with Gasteiger partial charge in [0, 0.05) is 12.0 Å². The minimum Gasteiger partial charge on any atom is -0.497 e. The van der Waals surface area contributed by atoms with E-state index in [0.717, 1.165) is 17.4 Å². The molecule has 3 nitrogen and oxygen atoms in total. The molecule has 2 aromatic carbocycles. The van der Waals surface area contributed by atoms with Crippen molar-refractivity contribution in [1.82, 2.24) is 0 Å². The van der Waals surface area contributed by atoms with Gasteiger partial charge in [-0.05, 0) is 41.5 Å². The van der Waals surface area contributed by atoms with Crippen molar-refractivity contribution in [1.29, 1.82) is 0 Å². The highest BCUT2D eigenvalue weighted by Gasteiger charge is 2.03. The van der Waals surface area contributed by atoms with Crippen LogP contribution in [0.25, 0.3) is 6.08 Å². The van der Waals surface area contributed by atoms with Crippen LogP contribution in [0, 0.1) is 0 Å². The summed E-state index contributed by atoms with van der Waals surface area (Å²) in [7, 11) is 1.58. The van der Waals surface area contributed by atoms with Crippen LogP contribution in [-0.2, 0) is 11.2 Å². The lowest BCUT2D eigenvalue weighted by atomic mass is 10.0. The second-order valence-electron chi connectivity index (χ2n) is 4.50. The van der Waals surface area contributed by atoms with E-state index in [1.807, 2.05) is 24.3 Å². The fourth-order valence-electron chi connectivity index (χ4n) is 1.99. The lowest BCUT2D eigenvalue weighted by Crippen LogP contribution is -1.95. The Morgan fingerprint density at radius 3 is 2.48 bits per heavy atom. The van der Waals surface area contributed by atoms with Crippen molar-refractivity contribution in [2.45, 2.75) is 6.42 Å². The maximum Gasteiger partial charge on any atom is 0.185 e. The topological polar surface area (TPSA) is 43.4 Å². The first-order valence-corrected chi connectivity index (χ1v) is 6.62. The largest absolute Gasteiger partial charge is 0.497 e. The number of methoxy groups -OCH3 is 1. The Hall–Kier alpha value is -2.68. The molecular weight excluding hydrogens is 264 g/mol. The Morgan fingerprint density at radius 2 is 1.81 bits per heavy atom. The van der Waals surface area contributed by atoms with E-state index >= 15 is 0 Å². The number of carbonyl (C=O) groups is 2. The SMILES string of the molecule is COc1ccc(C(=O)/C=C/c2ccccc2CC=O)cc1. The molecule has 0 saturated heterocycles. The maximum atomic E-state index is 12.1. The molecule has 0 unspecified atom stereocenters. The standard InChI is InChI=1S/C18H16O3/c1-21-17-9-6-16(7-10-17)18(20)11-8-14-4-2-3-5-15(14)12-13-19/h2-11,13H,12H2,1H3/b11-8+. The van der Waals surface area contributed by atoms with Crippen molar-refractivity contribution in [3.05, 3.63) is 71.3 Å². The number of allylic oxidation sites excluding steroid dienone is 1. The number of ether oxygens (including phenoxy) is 1. The molecule has 0 bridgehead atoms. The average molecular weight is 280 g/mol. The molecule has 0 N–H and O–H groups in total. The zero-order valence-electron chi connectivity index (χ0n) is 11.8. The normalized spacial score (nSPS) is 10.5. The van der Waals surface area contributed by atoms with E-state index < -0.39 is 0 Å². The van der Waals surface area contributed by atoms with Gasteiger partial charge in [0.05, 0.1) is 7.11 Å². The summed E-state index contributed by atoms with van der Waals surface area (Å²) in [4.78, 5) is 22.7. The summed E-state index contributed by atoms with van der Waals surface area (Å²) in [5.41, 5.74) is 2.39. The fraction of sp³-hybridized carbons (Fsp3) is 0.111. The fourth-order valence-corrected chi connectivity index (χ4v) is 1.99. The third-order valence-electron chi connectivity index (χ3n) is 3.15. The van der Waals surface area contributed by atoms with Gasteiger partial charge in [-0.25, -0.2) is 0 Å². The smallest absolute Gasteiger partial charge is 0.185 e. The zero-order chi connectivity index (χ0) is 15.1. The number of carbonyl (C=O) groups excluding carboxylic acids is 2. The van der Waals surface area contributed by atoms with Crippen molar-refractivity contribution in [2.24, 2.45) is 0 Å². The highest BCUT2D eigenvalue weighted by Crippen LogP contribution is 2.14. The zero-order valence-corrected chi connectivity index (χ0v) is 11.8. The molecule has 0 aliphatic heterocycles. The van der Waals surface area contributed by atoms with Crippen LogP contribution in [0.3, 0.4) is 0 Å². The minimum absolute atomic E-state index is 0.0847. The minimum atomic E-state index is -0.0847. The lowest BCUT2D eigenvalue weighted by Gasteiger charge is -2.02. The summed E-state index contributed by atoms with van der Waals surface area (Å²) in [6.07, 6.45) is 4.46. The number of hydrogen-bond acceptors (Lipinski definition) is 3. The number of hydrogen-bond donors (Lipinski definition) is 0. The first kappa shape index (κ1) is 14.7. The highest BCUT2D eigenvalue weighted by atomic mass is 16.5. The lowest BCUT2D eigenvalue weighted by molar-refractivity contribution is -0.107. The Balaban J connectivity index is 2.16. The van der Waals surface area contributed by atoms with E-state index in [4.69, 9.17) is 4.74 Å². The Kier molecular flexibility index (Phi) is 5.04. The third kappa shape index (κ3) is 3.89. The van der Waals surface area contributed by atoms with E-state index in [9.17, 15) is 9.59 Å². The van der Waals surface area contributed by atoms with E-state index in [1.54, 1.807) is 37.5 Å². The molecule has 0 atom stereocenters. The molecule has 2 rings (SSSR count). The number of rotatable bonds is 6. The molecule has 0 aliphatic carbocycles. The van der Waals surface area contributed by atoms with Gasteiger partial charge in [0.25, 0.3) is 0 Å². The Labute approximate surface area is 123 Å². The Bertz CT molecular complexity index is 654. The van der Waals surface area contributed by atoms with Crippen LogP contribution in [-0.4, -0.2) is 19.2 Å². The van der Waals surface area contributed by atoms with Gasteiger partial charge in [0.2, 0.25) is 0 Å². The van der Waals surface area contributed by atoms with Gasteiger partial charge in [0.15, 0.2) is 5.78 Å².